The largest absolute Gasteiger partial charge is 0.355 e. The predicted molar refractivity (Wildman–Crippen MR) is 115 cm³/mol. The molecule has 8 heteroatoms. The zero-order chi connectivity index (χ0) is 21.1. The third-order valence-electron chi connectivity index (χ3n) is 8.18. The molecule has 7 rings (SSSR count). The molecular formula is C23H31N7O. The van der Waals surface area contributed by atoms with Crippen LogP contribution in [0.2, 0.25) is 0 Å². The molecule has 2 atom stereocenters. The number of carbonyl (C=O) groups is 1. The molecule has 0 N–H and O–H groups in total. The first-order valence-corrected chi connectivity index (χ1v) is 11.8. The van der Waals surface area contributed by atoms with Crippen LogP contribution >= 0.6 is 0 Å². The number of hydrogen-bond donors (Lipinski definition) is 0. The van der Waals surface area contributed by atoms with E-state index in [-0.39, 0.29) is 11.0 Å². The van der Waals surface area contributed by atoms with Crippen LogP contribution in [0.15, 0.2) is 24.4 Å². The van der Waals surface area contributed by atoms with E-state index in [1.807, 2.05) is 30.0 Å². The molecule has 0 aromatic carbocycles. The molecule has 31 heavy (non-hydrogen) atoms. The molecule has 3 heterocycles. The minimum absolute atomic E-state index is 0.118. The predicted octanol–water partition coefficient (Wildman–Crippen LogP) is 2.41. The fourth-order valence-corrected chi connectivity index (χ4v) is 7.41. The zero-order valence-electron chi connectivity index (χ0n) is 18.3. The topological polar surface area (TPSA) is 80.0 Å². The monoisotopic (exact) mass is 421 g/mol. The van der Waals surface area contributed by atoms with Crippen molar-refractivity contribution < 1.29 is 4.79 Å². The van der Waals surface area contributed by atoms with E-state index in [9.17, 15) is 4.79 Å². The van der Waals surface area contributed by atoms with Gasteiger partial charge in [0.15, 0.2) is 5.82 Å². The van der Waals surface area contributed by atoms with E-state index in [1.165, 1.54) is 6.42 Å². The van der Waals surface area contributed by atoms with Crippen LogP contribution < -0.4 is 4.90 Å². The first-order valence-electron chi connectivity index (χ1n) is 11.8. The van der Waals surface area contributed by atoms with Gasteiger partial charge in [0.25, 0.3) is 0 Å². The minimum atomic E-state index is -0.244. The first kappa shape index (κ1) is 19.2. The summed E-state index contributed by atoms with van der Waals surface area (Å²) in [6, 6.07) is 6.05. The lowest BCUT2D eigenvalue weighted by Crippen LogP contribution is -2.62. The molecule has 5 aliphatic rings. The lowest BCUT2D eigenvalue weighted by Gasteiger charge is -2.60. The average Bonchev–Trinajstić information content (AvgIpc) is 3.06. The molecule has 0 spiro atoms. The molecule has 2 aromatic rings. The fourth-order valence-electron chi connectivity index (χ4n) is 7.41. The summed E-state index contributed by atoms with van der Waals surface area (Å²) in [4.78, 5) is 24.9. The Bertz CT molecular complexity index is 959. The molecule has 0 unspecified atom stereocenters. The summed E-state index contributed by atoms with van der Waals surface area (Å²) in [5.41, 5.74) is -0.362. The number of amides is 1. The van der Waals surface area contributed by atoms with E-state index in [1.54, 1.807) is 0 Å². The van der Waals surface area contributed by atoms with E-state index < -0.39 is 0 Å². The van der Waals surface area contributed by atoms with Crippen molar-refractivity contribution in [2.24, 2.45) is 17.3 Å². The van der Waals surface area contributed by atoms with Crippen LogP contribution in [-0.4, -0.2) is 62.2 Å². The van der Waals surface area contributed by atoms with Gasteiger partial charge < -0.3 is 9.80 Å². The third-order valence-corrected chi connectivity index (χ3v) is 8.18. The number of tetrazole rings is 1. The normalized spacial score (nSPS) is 34.7. The number of aromatic nitrogens is 5. The van der Waals surface area contributed by atoms with Crippen molar-refractivity contribution in [3.05, 3.63) is 30.2 Å². The Morgan fingerprint density at radius 1 is 1.06 bits per heavy atom. The maximum Gasteiger partial charge on any atom is 0.228 e. The van der Waals surface area contributed by atoms with Gasteiger partial charge in [-0.05, 0) is 81.1 Å². The molecular weight excluding hydrogens is 390 g/mol. The summed E-state index contributed by atoms with van der Waals surface area (Å²) < 4.78 is 0. The summed E-state index contributed by atoms with van der Waals surface area (Å²) in [5, 5.41) is 13.2. The van der Waals surface area contributed by atoms with Gasteiger partial charge in [0, 0.05) is 32.4 Å². The molecule has 1 saturated heterocycles. The van der Waals surface area contributed by atoms with Crippen LogP contribution in [0, 0.1) is 24.2 Å². The van der Waals surface area contributed by atoms with Crippen LogP contribution in [0.4, 0.5) is 5.82 Å². The van der Waals surface area contributed by atoms with Crippen LogP contribution in [0.1, 0.15) is 50.8 Å². The highest BCUT2D eigenvalue weighted by molar-refractivity contribution is 5.83. The number of rotatable bonds is 3. The molecule has 1 aliphatic heterocycles. The lowest BCUT2D eigenvalue weighted by molar-refractivity contribution is -0.167. The highest BCUT2D eigenvalue weighted by atomic mass is 16.2. The highest BCUT2D eigenvalue weighted by Crippen LogP contribution is 2.64. The Kier molecular flexibility index (Phi) is 4.34. The minimum Gasteiger partial charge on any atom is -0.355 e. The van der Waals surface area contributed by atoms with Gasteiger partial charge in [-0.15, -0.1) is 10.2 Å². The van der Waals surface area contributed by atoms with Gasteiger partial charge in [-0.3, -0.25) is 4.79 Å². The summed E-state index contributed by atoms with van der Waals surface area (Å²) in [5.74, 6) is 3.32. The maximum atomic E-state index is 14.1. The van der Waals surface area contributed by atoms with E-state index in [0.29, 0.717) is 17.7 Å². The molecule has 4 aliphatic carbocycles. The number of anilines is 1. The lowest BCUT2D eigenvalue weighted by atomic mass is 9.46. The van der Waals surface area contributed by atoms with E-state index in [2.05, 4.69) is 36.3 Å². The molecule has 2 aromatic heterocycles. The molecule has 164 valence electrons. The van der Waals surface area contributed by atoms with Gasteiger partial charge in [-0.25, -0.2) is 4.98 Å². The standard InChI is InChI=1S/C23H31N7O/c1-17-25-27-30(26-17)23-14-18-11-19(15-23)13-22(12-18,16-23)21(31)29-8-4-7-28(9-10-29)20-5-2-3-6-24-20/h2-3,5-6,18-19H,4,7-16H2,1H3/t18-,19-,22?,23?/m0/s1. The van der Waals surface area contributed by atoms with Gasteiger partial charge in [-0.2, -0.15) is 4.80 Å². The van der Waals surface area contributed by atoms with E-state index >= 15 is 0 Å². The second-order valence-corrected chi connectivity index (χ2v) is 10.4. The number of pyridine rings is 1. The Balaban J connectivity index is 1.24. The number of carbonyl (C=O) groups excluding carboxylic acids is 1. The smallest absolute Gasteiger partial charge is 0.228 e. The second kappa shape index (κ2) is 7.00. The quantitative estimate of drug-likeness (QED) is 0.757. The SMILES string of the molecule is Cc1nnn(C23C[C@H]4C[C@@H](CC(C(=O)N5CCCN(c6ccccn6)CC5)(C4)C2)C3)n1. The van der Waals surface area contributed by atoms with Crippen molar-refractivity contribution in [1.82, 2.24) is 30.1 Å². The van der Waals surface area contributed by atoms with Crippen molar-refractivity contribution in [1.29, 1.82) is 0 Å². The van der Waals surface area contributed by atoms with Gasteiger partial charge in [0.2, 0.25) is 5.91 Å². The van der Waals surface area contributed by atoms with E-state index in [4.69, 9.17) is 0 Å². The van der Waals surface area contributed by atoms with Gasteiger partial charge in [0.1, 0.15) is 5.82 Å². The number of hydrogen-bond acceptors (Lipinski definition) is 6. The Labute approximate surface area is 183 Å². The van der Waals surface area contributed by atoms with Gasteiger partial charge in [-0.1, -0.05) is 6.07 Å². The van der Waals surface area contributed by atoms with Crippen molar-refractivity contribution in [2.75, 3.05) is 31.1 Å². The molecule has 8 nitrogen and oxygen atoms in total. The number of aryl methyl sites for hydroxylation is 1. The van der Waals surface area contributed by atoms with Crippen molar-refractivity contribution in [3.8, 4) is 0 Å². The third kappa shape index (κ3) is 3.13. The molecule has 1 amide bonds. The summed E-state index contributed by atoms with van der Waals surface area (Å²) in [6.07, 6.45) is 9.25. The van der Waals surface area contributed by atoms with Crippen LogP contribution in [0.25, 0.3) is 0 Å². The van der Waals surface area contributed by atoms with Crippen LogP contribution in [0.3, 0.4) is 0 Å². The fraction of sp³-hybridized carbons (Fsp3) is 0.696. The zero-order valence-corrected chi connectivity index (χ0v) is 18.3. The summed E-state index contributed by atoms with van der Waals surface area (Å²) in [7, 11) is 0. The summed E-state index contributed by atoms with van der Waals surface area (Å²) in [6.45, 7) is 5.31. The summed E-state index contributed by atoms with van der Waals surface area (Å²) >= 11 is 0. The maximum absolute atomic E-state index is 14.1. The van der Waals surface area contributed by atoms with Gasteiger partial charge in [0.05, 0.1) is 11.0 Å². The van der Waals surface area contributed by atoms with Crippen molar-refractivity contribution in [3.63, 3.8) is 0 Å². The van der Waals surface area contributed by atoms with Crippen molar-refractivity contribution in [2.45, 2.75) is 57.4 Å². The molecule has 5 fully saturated rings. The Morgan fingerprint density at radius 2 is 1.90 bits per heavy atom. The highest BCUT2D eigenvalue weighted by Gasteiger charge is 2.63. The van der Waals surface area contributed by atoms with E-state index in [0.717, 1.165) is 76.3 Å². The van der Waals surface area contributed by atoms with Crippen LogP contribution in [0.5, 0.6) is 0 Å². The van der Waals surface area contributed by atoms with Crippen LogP contribution in [-0.2, 0) is 10.3 Å². The first-order chi connectivity index (χ1) is 15.1. The average molecular weight is 422 g/mol. The second-order valence-electron chi connectivity index (χ2n) is 10.4. The molecule has 0 radical (unpaired) electrons. The number of nitrogens with zero attached hydrogens (tertiary/aromatic N) is 7. The van der Waals surface area contributed by atoms with Crippen molar-refractivity contribution >= 4 is 11.7 Å². The Morgan fingerprint density at radius 3 is 2.61 bits per heavy atom. The molecule has 4 bridgehead atoms. The molecule has 4 saturated carbocycles. The van der Waals surface area contributed by atoms with Gasteiger partial charge >= 0.3 is 0 Å². The Hall–Kier alpha value is -2.51.